The predicted molar refractivity (Wildman–Crippen MR) is 70.0 cm³/mol. The van der Waals surface area contributed by atoms with Crippen LogP contribution in [0.1, 0.15) is 26.2 Å². The van der Waals surface area contributed by atoms with Crippen molar-refractivity contribution in [2.75, 3.05) is 6.61 Å². The van der Waals surface area contributed by atoms with Gasteiger partial charge in [0.05, 0.1) is 20.6 Å². The van der Waals surface area contributed by atoms with Gasteiger partial charge in [-0.3, -0.25) is 4.79 Å². The van der Waals surface area contributed by atoms with E-state index in [1.54, 1.807) is 0 Å². The Morgan fingerprint density at radius 3 is 2.62 bits per heavy atom. The van der Waals surface area contributed by atoms with E-state index in [4.69, 9.17) is 4.74 Å². The van der Waals surface area contributed by atoms with Gasteiger partial charge in [0.15, 0.2) is 0 Å². The fourth-order valence-electron chi connectivity index (χ4n) is 2.17. The van der Waals surface area contributed by atoms with E-state index in [9.17, 15) is 4.79 Å². The Kier molecular flexibility index (Phi) is 4.78. The summed E-state index contributed by atoms with van der Waals surface area (Å²) in [6.45, 7) is 9.33. The third-order valence-corrected chi connectivity index (χ3v) is 4.19. The summed E-state index contributed by atoms with van der Waals surface area (Å²) in [6.07, 6.45) is 5.58. The number of hydrogen-bond acceptors (Lipinski definition) is 2. The van der Waals surface area contributed by atoms with Gasteiger partial charge < -0.3 is 4.74 Å². The molecule has 2 atom stereocenters. The van der Waals surface area contributed by atoms with E-state index in [1.165, 1.54) is 0 Å². The van der Waals surface area contributed by atoms with E-state index in [0.717, 1.165) is 19.3 Å². The van der Waals surface area contributed by atoms with Gasteiger partial charge in [0.25, 0.3) is 0 Å². The molecule has 0 N–H and O–H groups in total. The number of ether oxygens (including phenoxy) is 1. The van der Waals surface area contributed by atoms with Crippen LogP contribution in [0.2, 0.25) is 19.6 Å². The summed E-state index contributed by atoms with van der Waals surface area (Å²) < 4.78 is 5.13. The van der Waals surface area contributed by atoms with Crippen molar-refractivity contribution in [1.82, 2.24) is 0 Å². The third kappa shape index (κ3) is 4.12. The minimum atomic E-state index is -1.14. The van der Waals surface area contributed by atoms with Crippen LogP contribution in [0, 0.1) is 11.8 Å². The molecule has 0 bridgehead atoms. The van der Waals surface area contributed by atoms with Gasteiger partial charge in [-0.1, -0.05) is 37.8 Å². The predicted octanol–water partition coefficient (Wildman–Crippen LogP) is 3.40. The number of hydrogen-bond donors (Lipinski definition) is 0. The Morgan fingerprint density at radius 2 is 2.06 bits per heavy atom. The Hall–Kier alpha value is -0.573. The molecule has 3 heteroatoms. The lowest BCUT2D eigenvalue weighted by molar-refractivity contribution is -0.148. The summed E-state index contributed by atoms with van der Waals surface area (Å²) in [4.78, 5) is 11.7. The first-order valence-corrected chi connectivity index (χ1v) is 9.88. The van der Waals surface area contributed by atoms with E-state index in [0.29, 0.717) is 12.5 Å². The van der Waals surface area contributed by atoms with Crippen LogP contribution in [-0.4, -0.2) is 20.7 Å². The number of esters is 1. The standard InChI is InChI=1S/C13H24O2Si/c1-5-15-13(14)12-8-6-7-11(12)9-10-16(2,3)4/h9-12H,5-8H2,1-4H3/b10-9+/t11-,12-/m1/s1. The molecule has 92 valence electrons. The van der Waals surface area contributed by atoms with Gasteiger partial charge in [0.1, 0.15) is 0 Å². The second kappa shape index (κ2) is 5.67. The zero-order chi connectivity index (χ0) is 12.2. The van der Waals surface area contributed by atoms with Crippen LogP contribution in [0.15, 0.2) is 11.8 Å². The number of carbonyl (C=O) groups excluding carboxylic acids is 1. The Morgan fingerprint density at radius 1 is 1.38 bits per heavy atom. The lowest BCUT2D eigenvalue weighted by atomic mass is 9.96. The SMILES string of the molecule is CCOC(=O)[C@@H]1CCC[C@@H]1/C=C/[Si](C)(C)C. The van der Waals surface area contributed by atoms with E-state index in [2.05, 4.69) is 31.4 Å². The van der Waals surface area contributed by atoms with Crippen LogP contribution in [0.4, 0.5) is 0 Å². The highest BCUT2D eigenvalue weighted by atomic mass is 28.3. The molecule has 1 aliphatic carbocycles. The smallest absolute Gasteiger partial charge is 0.309 e. The lowest BCUT2D eigenvalue weighted by Gasteiger charge is -2.16. The maximum Gasteiger partial charge on any atom is 0.309 e. The molecule has 0 aromatic carbocycles. The molecular weight excluding hydrogens is 216 g/mol. The summed E-state index contributed by atoms with van der Waals surface area (Å²) in [5, 5.41) is 0. The molecule has 0 saturated heterocycles. The normalized spacial score (nSPS) is 26.2. The summed E-state index contributed by atoms with van der Waals surface area (Å²) in [5.41, 5.74) is 2.36. The molecule has 2 nitrogen and oxygen atoms in total. The second-order valence-electron chi connectivity index (χ2n) is 5.68. The van der Waals surface area contributed by atoms with Crippen molar-refractivity contribution in [2.45, 2.75) is 45.8 Å². The van der Waals surface area contributed by atoms with Crippen LogP contribution in [-0.2, 0) is 9.53 Å². The van der Waals surface area contributed by atoms with Gasteiger partial charge in [0.2, 0.25) is 0 Å². The average Bonchev–Trinajstić information content (AvgIpc) is 2.61. The largest absolute Gasteiger partial charge is 0.466 e. The summed E-state index contributed by atoms with van der Waals surface area (Å²) in [5.74, 6) is 0.545. The molecular formula is C13H24O2Si. The molecule has 0 radical (unpaired) electrons. The van der Waals surface area contributed by atoms with Crippen molar-refractivity contribution in [3.8, 4) is 0 Å². The van der Waals surface area contributed by atoms with Crippen molar-refractivity contribution in [1.29, 1.82) is 0 Å². The summed E-state index contributed by atoms with van der Waals surface area (Å²) in [6, 6.07) is 0. The second-order valence-corrected chi connectivity index (χ2v) is 10.7. The topological polar surface area (TPSA) is 26.3 Å². The zero-order valence-electron chi connectivity index (χ0n) is 11.0. The van der Waals surface area contributed by atoms with Crippen molar-refractivity contribution in [2.24, 2.45) is 11.8 Å². The van der Waals surface area contributed by atoms with Gasteiger partial charge in [-0.05, 0) is 25.7 Å². The number of allylic oxidation sites excluding steroid dienone is 1. The minimum Gasteiger partial charge on any atom is -0.466 e. The molecule has 0 heterocycles. The van der Waals surface area contributed by atoms with E-state index in [-0.39, 0.29) is 11.9 Å². The number of rotatable bonds is 4. The van der Waals surface area contributed by atoms with Crippen molar-refractivity contribution < 1.29 is 9.53 Å². The van der Waals surface area contributed by atoms with Gasteiger partial charge in [-0.15, -0.1) is 0 Å². The minimum absolute atomic E-state index is 0.00484. The lowest BCUT2D eigenvalue weighted by Crippen LogP contribution is -2.22. The van der Waals surface area contributed by atoms with E-state index < -0.39 is 8.07 Å². The fraction of sp³-hybridized carbons (Fsp3) is 0.769. The highest BCUT2D eigenvalue weighted by Crippen LogP contribution is 2.34. The monoisotopic (exact) mass is 240 g/mol. The highest BCUT2D eigenvalue weighted by Gasteiger charge is 2.32. The quantitative estimate of drug-likeness (QED) is 0.556. The van der Waals surface area contributed by atoms with Crippen LogP contribution in [0.3, 0.4) is 0 Å². The molecule has 1 fully saturated rings. The maximum absolute atomic E-state index is 11.7. The first kappa shape index (κ1) is 13.5. The average molecular weight is 240 g/mol. The summed E-state index contributed by atoms with van der Waals surface area (Å²) >= 11 is 0. The van der Waals surface area contributed by atoms with Gasteiger partial charge in [0, 0.05) is 0 Å². The van der Waals surface area contributed by atoms with Crippen LogP contribution < -0.4 is 0 Å². The maximum atomic E-state index is 11.7. The fourth-order valence-corrected chi connectivity index (χ4v) is 3.00. The number of carbonyl (C=O) groups is 1. The molecule has 0 amide bonds. The van der Waals surface area contributed by atoms with Crippen molar-refractivity contribution >= 4 is 14.0 Å². The molecule has 0 aromatic heterocycles. The molecule has 0 unspecified atom stereocenters. The van der Waals surface area contributed by atoms with Crippen LogP contribution in [0.5, 0.6) is 0 Å². The molecule has 0 spiro atoms. The van der Waals surface area contributed by atoms with E-state index in [1.807, 2.05) is 6.92 Å². The Labute approximate surface area is 100 Å². The zero-order valence-corrected chi connectivity index (χ0v) is 12.0. The van der Waals surface area contributed by atoms with Crippen LogP contribution >= 0.6 is 0 Å². The van der Waals surface area contributed by atoms with E-state index >= 15 is 0 Å². The van der Waals surface area contributed by atoms with Crippen molar-refractivity contribution in [3.05, 3.63) is 11.8 Å². The highest BCUT2D eigenvalue weighted by molar-refractivity contribution is 6.80. The molecule has 0 aromatic rings. The van der Waals surface area contributed by atoms with Gasteiger partial charge >= 0.3 is 5.97 Å². The first-order valence-electron chi connectivity index (χ1n) is 6.30. The van der Waals surface area contributed by atoms with Crippen LogP contribution in [0.25, 0.3) is 0 Å². The first-order chi connectivity index (χ1) is 7.44. The van der Waals surface area contributed by atoms with Crippen molar-refractivity contribution in [3.63, 3.8) is 0 Å². The summed E-state index contributed by atoms with van der Waals surface area (Å²) in [7, 11) is -1.14. The Balaban J connectivity index is 2.59. The van der Waals surface area contributed by atoms with Gasteiger partial charge in [-0.25, -0.2) is 0 Å². The third-order valence-electron chi connectivity index (χ3n) is 3.00. The molecule has 1 rings (SSSR count). The molecule has 1 aliphatic rings. The Bertz CT molecular complexity index is 266. The molecule has 1 saturated carbocycles. The van der Waals surface area contributed by atoms with Gasteiger partial charge in [-0.2, -0.15) is 0 Å². The molecule has 0 aliphatic heterocycles. The molecule has 16 heavy (non-hydrogen) atoms.